The maximum Gasteiger partial charge on any atom is 0.0727 e. The van der Waals surface area contributed by atoms with Crippen molar-refractivity contribution in [1.82, 2.24) is 0 Å². The van der Waals surface area contributed by atoms with Crippen LogP contribution in [0.3, 0.4) is 0 Å². The van der Waals surface area contributed by atoms with Gasteiger partial charge in [0.15, 0.2) is 0 Å². The van der Waals surface area contributed by atoms with Gasteiger partial charge in [0.05, 0.1) is 13.2 Å². The van der Waals surface area contributed by atoms with Crippen molar-refractivity contribution in [3.8, 4) is 0 Å². The molecule has 13 heavy (non-hydrogen) atoms. The Balaban J connectivity index is 2.20. The summed E-state index contributed by atoms with van der Waals surface area (Å²) in [6, 6.07) is 6.31. The molecule has 1 heterocycles. The lowest BCUT2D eigenvalue weighted by Crippen LogP contribution is -1.95. The molecule has 70 valence electrons. The highest BCUT2D eigenvalue weighted by Crippen LogP contribution is 2.23. The molecule has 0 radical (unpaired) electrons. The van der Waals surface area contributed by atoms with Gasteiger partial charge >= 0.3 is 0 Å². The van der Waals surface area contributed by atoms with Crippen LogP contribution in [-0.2, 0) is 24.4 Å². The van der Waals surface area contributed by atoms with E-state index >= 15 is 0 Å². The zero-order valence-corrected chi connectivity index (χ0v) is 7.62. The van der Waals surface area contributed by atoms with Gasteiger partial charge in [0.25, 0.3) is 0 Å². The number of benzene rings is 1. The number of rotatable bonds is 3. The van der Waals surface area contributed by atoms with E-state index in [1.807, 2.05) is 0 Å². The SMILES string of the molecule is OCCCc1cccc2c1COC2. The lowest BCUT2D eigenvalue weighted by atomic mass is 10.00. The van der Waals surface area contributed by atoms with E-state index in [0.29, 0.717) is 0 Å². The van der Waals surface area contributed by atoms with Crippen LogP contribution in [0.1, 0.15) is 23.1 Å². The first-order valence-corrected chi connectivity index (χ1v) is 4.70. The number of aliphatic hydroxyl groups excluding tert-OH is 1. The van der Waals surface area contributed by atoms with E-state index in [0.717, 1.165) is 26.1 Å². The predicted molar refractivity (Wildman–Crippen MR) is 50.3 cm³/mol. The Morgan fingerprint density at radius 3 is 3.08 bits per heavy atom. The van der Waals surface area contributed by atoms with Gasteiger partial charge in [-0.05, 0) is 29.5 Å². The van der Waals surface area contributed by atoms with Crippen LogP contribution in [-0.4, -0.2) is 11.7 Å². The third kappa shape index (κ3) is 1.74. The minimum absolute atomic E-state index is 0.268. The Bertz CT molecular complexity index is 294. The molecule has 0 unspecified atom stereocenters. The average molecular weight is 178 g/mol. The number of aliphatic hydroxyl groups is 1. The van der Waals surface area contributed by atoms with Crippen molar-refractivity contribution in [3.05, 3.63) is 34.9 Å². The van der Waals surface area contributed by atoms with Gasteiger partial charge in [0, 0.05) is 6.61 Å². The molecule has 0 saturated carbocycles. The Kier molecular flexibility index (Phi) is 2.62. The minimum atomic E-state index is 0.268. The van der Waals surface area contributed by atoms with Crippen LogP contribution in [0.4, 0.5) is 0 Å². The topological polar surface area (TPSA) is 29.5 Å². The fraction of sp³-hybridized carbons (Fsp3) is 0.455. The van der Waals surface area contributed by atoms with Crippen molar-refractivity contribution in [2.45, 2.75) is 26.1 Å². The molecule has 0 aliphatic carbocycles. The van der Waals surface area contributed by atoms with Crippen LogP contribution in [0.15, 0.2) is 18.2 Å². The van der Waals surface area contributed by atoms with E-state index in [2.05, 4.69) is 18.2 Å². The number of aryl methyl sites for hydroxylation is 1. The molecule has 0 aromatic heterocycles. The van der Waals surface area contributed by atoms with E-state index in [1.165, 1.54) is 16.7 Å². The summed E-state index contributed by atoms with van der Waals surface area (Å²) in [5.41, 5.74) is 4.00. The first-order valence-electron chi connectivity index (χ1n) is 4.70. The van der Waals surface area contributed by atoms with Crippen LogP contribution < -0.4 is 0 Å². The first kappa shape index (κ1) is 8.73. The Hall–Kier alpha value is -0.860. The van der Waals surface area contributed by atoms with E-state index in [-0.39, 0.29) is 6.61 Å². The van der Waals surface area contributed by atoms with Crippen molar-refractivity contribution < 1.29 is 9.84 Å². The largest absolute Gasteiger partial charge is 0.396 e. The highest BCUT2D eigenvalue weighted by molar-refractivity contribution is 5.36. The van der Waals surface area contributed by atoms with E-state index in [1.54, 1.807) is 0 Å². The second-order valence-corrected chi connectivity index (χ2v) is 3.37. The molecule has 1 aromatic rings. The van der Waals surface area contributed by atoms with Crippen molar-refractivity contribution in [3.63, 3.8) is 0 Å². The fourth-order valence-electron chi connectivity index (χ4n) is 1.78. The van der Waals surface area contributed by atoms with Gasteiger partial charge in [-0.2, -0.15) is 0 Å². The Morgan fingerprint density at radius 1 is 1.31 bits per heavy atom. The number of fused-ring (bicyclic) bond motifs is 1. The molecule has 2 rings (SSSR count). The van der Waals surface area contributed by atoms with E-state index < -0.39 is 0 Å². The third-order valence-corrected chi connectivity index (χ3v) is 2.48. The summed E-state index contributed by atoms with van der Waals surface area (Å²) in [4.78, 5) is 0. The smallest absolute Gasteiger partial charge is 0.0727 e. The molecule has 2 nitrogen and oxygen atoms in total. The molecule has 0 fully saturated rings. The summed E-state index contributed by atoms with van der Waals surface area (Å²) < 4.78 is 5.37. The van der Waals surface area contributed by atoms with Gasteiger partial charge in [-0.25, -0.2) is 0 Å². The van der Waals surface area contributed by atoms with Crippen LogP contribution in [0.25, 0.3) is 0 Å². The first-order chi connectivity index (χ1) is 6.42. The molecule has 1 aliphatic rings. The summed E-state index contributed by atoms with van der Waals surface area (Å²) in [6.07, 6.45) is 1.81. The van der Waals surface area contributed by atoms with Gasteiger partial charge in [0.1, 0.15) is 0 Å². The summed E-state index contributed by atoms with van der Waals surface area (Å²) in [6.45, 7) is 1.77. The van der Waals surface area contributed by atoms with Crippen LogP contribution in [0, 0.1) is 0 Å². The minimum Gasteiger partial charge on any atom is -0.396 e. The maximum absolute atomic E-state index is 8.74. The van der Waals surface area contributed by atoms with E-state index in [9.17, 15) is 0 Å². The number of ether oxygens (including phenoxy) is 1. The fourth-order valence-corrected chi connectivity index (χ4v) is 1.78. The predicted octanol–water partition coefficient (Wildman–Crippen LogP) is 1.64. The molecule has 1 aromatic carbocycles. The maximum atomic E-state index is 8.74. The zero-order chi connectivity index (χ0) is 9.10. The molecule has 0 spiro atoms. The van der Waals surface area contributed by atoms with Gasteiger partial charge in [0.2, 0.25) is 0 Å². The van der Waals surface area contributed by atoms with Crippen molar-refractivity contribution in [1.29, 1.82) is 0 Å². The van der Waals surface area contributed by atoms with Crippen LogP contribution in [0.2, 0.25) is 0 Å². The molecule has 0 bridgehead atoms. The second-order valence-electron chi connectivity index (χ2n) is 3.37. The number of hydrogen-bond donors (Lipinski definition) is 1. The van der Waals surface area contributed by atoms with Gasteiger partial charge in [-0.1, -0.05) is 18.2 Å². The Morgan fingerprint density at radius 2 is 2.23 bits per heavy atom. The molecule has 1 N–H and O–H groups in total. The molecule has 0 saturated heterocycles. The summed E-state index contributed by atoms with van der Waals surface area (Å²) in [7, 11) is 0. The zero-order valence-electron chi connectivity index (χ0n) is 7.62. The molecule has 0 atom stereocenters. The molecule has 2 heteroatoms. The number of hydrogen-bond acceptors (Lipinski definition) is 2. The quantitative estimate of drug-likeness (QED) is 0.762. The normalized spacial score (nSPS) is 14.5. The average Bonchev–Trinajstić information content (AvgIpc) is 2.62. The van der Waals surface area contributed by atoms with Crippen molar-refractivity contribution >= 4 is 0 Å². The van der Waals surface area contributed by atoms with Crippen molar-refractivity contribution in [2.75, 3.05) is 6.61 Å². The van der Waals surface area contributed by atoms with Crippen LogP contribution in [0.5, 0.6) is 0 Å². The highest BCUT2D eigenvalue weighted by Gasteiger charge is 2.13. The molecular formula is C11H14O2. The van der Waals surface area contributed by atoms with Crippen molar-refractivity contribution in [2.24, 2.45) is 0 Å². The lowest BCUT2D eigenvalue weighted by molar-refractivity contribution is 0.134. The Labute approximate surface area is 78.2 Å². The molecule has 0 amide bonds. The summed E-state index contributed by atoms with van der Waals surface area (Å²) in [5, 5.41) is 8.74. The van der Waals surface area contributed by atoms with Gasteiger partial charge in [-0.3, -0.25) is 0 Å². The van der Waals surface area contributed by atoms with E-state index in [4.69, 9.17) is 9.84 Å². The van der Waals surface area contributed by atoms with Gasteiger partial charge < -0.3 is 9.84 Å². The third-order valence-electron chi connectivity index (χ3n) is 2.48. The summed E-state index contributed by atoms with van der Waals surface area (Å²) >= 11 is 0. The molecule has 1 aliphatic heterocycles. The summed E-state index contributed by atoms with van der Waals surface area (Å²) in [5.74, 6) is 0. The monoisotopic (exact) mass is 178 g/mol. The highest BCUT2D eigenvalue weighted by atomic mass is 16.5. The molecular weight excluding hydrogens is 164 g/mol. The standard InChI is InChI=1S/C11H14O2/c12-6-2-5-9-3-1-4-10-7-13-8-11(9)10/h1,3-4,12H,2,5-8H2. The van der Waals surface area contributed by atoms with Crippen LogP contribution >= 0.6 is 0 Å². The van der Waals surface area contributed by atoms with Gasteiger partial charge in [-0.15, -0.1) is 0 Å². The lowest BCUT2D eigenvalue weighted by Gasteiger charge is -2.05. The second kappa shape index (κ2) is 3.90.